The molecule has 0 radical (unpaired) electrons. The van der Waals surface area contributed by atoms with Crippen LogP contribution in [0.25, 0.3) is 0 Å². The minimum Gasteiger partial charge on any atom is -0.444 e. The number of hydrogen-bond acceptors (Lipinski definition) is 4. The molecule has 1 aliphatic rings. The molecular weight excluding hydrogens is 208 g/mol. The van der Waals surface area contributed by atoms with Crippen molar-refractivity contribution < 1.29 is 9.53 Å². The van der Waals surface area contributed by atoms with Crippen molar-refractivity contribution in [2.75, 3.05) is 26.7 Å². The van der Waals surface area contributed by atoms with Crippen LogP contribution in [0.1, 0.15) is 20.8 Å². The summed E-state index contributed by atoms with van der Waals surface area (Å²) < 4.78 is 5.25. The summed E-state index contributed by atoms with van der Waals surface area (Å²) in [5, 5.41) is 9.42. The van der Waals surface area contributed by atoms with Gasteiger partial charge >= 0.3 is 6.09 Å². The van der Waals surface area contributed by atoms with Gasteiger partial charge in [-0.3, -0.25) is 15.3 Å². The Bertz CT molecular complexity index is 285. The van der Waals surface area contributed by atoms with Crippen LogP contribution in [0, 0.1) is 5.41 Å². The molecule has 1 amide bonds. The normalized spacial score (nSPS) is 17.6. The Morgan fingerprint density at radius 1 is 1.44 bits per heavy atom. The molecule has 0 aromatic rings. The number of carbonyl (C=O) groups is 1. The van der Waals surface area contributed by atoms with Gasteiger partial charge in [-0.2, -0.15) is 0 Å². The summed E-state index contributed by atoms with van der Waals surface area (Å²) in [7, 11) is 1.76. The van der Waals surface area contributed by atoms with Crippen molar-refractivity contribution in [3.63, 3.8) is 0 Å². The smallest absolute Gasteiger partial charge is 0.410 e. The van der Waals surface area contributed by atoms with Gasteiger partial charge in [0.1, 0.15) is 11.4 Å². The summed E-state index contributed by atoms with van der Waals surface area (Å²) in [5.41, 5.74) is 2.40. The highest BCUT2D eigenvalue weighted by molar-refractivity contribution is 5.85. The number of amides is 1. The van der Waals surface area contributed by atoms with E-state index < -0.39 is 5.60 Å². The first-order chi connectivity index (χ1) is 7.33. The Morgan fingerprint density at radius 3 is 2.50 bits per heavy atom. The molecule has 16 heavy (non-hydrogen) atoms. The SMILES string of the molecule is CNN1CCN(C(=O)OC(C)(C)C)CC1=N. The van der Waals surface area contributed by atoms with Gasteiger partial charge in [0.25, 0.3) is 0 Å². The Morgan fingerprint density at radius 2 is 2.06 bits per heavy atom. The molecule has 1 fully saturated rings. The maximum absolute atomic E-state index is 11.7. The Kier molecular flexibility index (Phi) is 3.74. The summed E-state index contributed by atoms with van der Waals surface area (Å²) >= 11 is 0. The van der Waals surface area contributed by atoms with E-state index in [4.69, 9.17) is 10.1 Å². The van der Waals surface area contributed by atoms with E-state index in [1.807, 2.05) is 20.8 Å². The van der Waals surface area contributed by atoms with Crippen LogP contribution in [0.4, 0.5) is 4.79 Å². The van der Waals surface area contributed by atoms with Crippen molar-refractivity contribution in [1.29, 1.82) is 5.41 Å². The lowest BCUT2D eigenvalue weighted by Gasteiger charge is -2.36. The van der Waals surface area contributed by atoms with Crippen molar-refractivity contribution in [2.24, 2.45) is 0 Å². The van der Waals surface area contributed by atoms with Crippen LogP contribution < -0.4 is 5.43 Å². The van der Waals surface area contributed by atoms with Crippen LogP contribution in [0.5, 0.6) is 0 Å². The summed E-state index contributed by atoms with van der Waals surface area (Å²) in [6.45, 7) is 6.96. The van der Waals surface area contributed by atoms with Crippen LogP contribution in [0.3, 0.4) is 0 Å². The monoisotopic (exact) mass is 228 g/mol. The molecule has 92 valence electrons. The predicted octanol–water partition coefficient (Wildman–Crippen LogP) is 0.651. The summed E-state index contributed by atoms with van der Waals surface area (Å²) in [6, 6.07) is 0. The molecule has 2 N–H and O–H groups in total. The zero-order chi connectivity index (χ0) is 12.3. The van der Waals surface area contributed by atoms with E-state index in [9.17, 15) is 4.79 Å². The van der Waals surface area contributed by atoms with E-state index in [2.05, 4.69) is 5.43 Å². The van der Waals surface area contributed by atoms with Gasteiger partial charge in [-0.25, -0.2) is 10.2 Å². The number of ether oxygens (including phenoxy) is 1. The molecule has 0 spiro atoms. The number of nitrogens with one attached hydrogen (secondary N) is 2. The van der Waals surface area contributed by atoms with E-state index in [1.54, 1.807) is 17.0 Å². The molecule has 1 heterocycles. The maximum Gasteiger partial charge on any atom is 0.410 e. The Hall–Kier alpha value is -1.30. The van der Waals surface area contributed by atoms with Gasteiger partial charge < -0.3 is 4.74 Å². The first kappa shape index (κ1) is 12.8. The number of carbonyl (C=O) groups excluding carboxylic acids is 1. The third kappa shape index (κ3) is 3.37. The fourth-order valence-corrected chi connectivity index (χ4v) is 1.43. The third-order valence-corrected chi connectivity index (χ3v) is 2.18. The molecule has 1 rings (SSSR count). The number of nitrogens with zero attached hydrogens (tertiary/aromatic N) is 2. The molecule has 0 aromatic carbocycles. The Balaban J connectivity index is 2.52. The topological polar surface area (TPSA) is 68.7 Å². The van der Waals surface area contributed by atoms with E-state index in [-0.39, 0.29) is 12.6 Å². The van der Waals surface area contributed by atoms with Crippen molar-refractivity contribution >= 4 is 11.9 Å². The zero-order valence-corrected chi connectivity index (χ0v) is 10.3. The van der Waals surface area contributed by atoms with Crippen molar-refractivity contribution in [2.45, 2.75) is 26.4 Å². The lowest BCUT2D eigenvalue weighted by molar-refractivity contribution is 0.0231. The maximum atomic E-state index is 11.7. The lowest BCUT2D eigenvalue weighted by atomic mass is 10.2. The summed E-state index contributed by atoms with van der Waals surface area (Å²) in [5.74, 6) is 0.375. The largest absolute Gasteiger partial charge is 0.444 e. The van der Waals surface area contributed by atoms with E-state index in [1.165, 1.54) is 0 Å². The highest BCUT2D eigenvalue weighted by Crippen LogP contribution is 2.11. The van der Waals surface area contributed by atoms with Crippen molar-refractivity contribution in [3.05, 3.63) is 0 Å². The fourth-order valence-electron chi connectivity index (χ4n) is 1.43. The molecule has 6 heteroatoms. The first-order valence-corrected chi connectivity index (χ1v) is 5.34. The van der Waals surface area contributed by atoms with Crippen LogP contribution >= 0.6 is 0 Å². The average molecular weight is 228 g/mol. The lowest BCUT2D eigenvalue weighted by Crippen LogP contribution is -2.56. The number of piperazine rings is 1. The zero-order valence-electron chi connectivity index (χ0n) is 10.3. The second-order valence-electron chi connectivity index (χ2n) is 4.72. The molecule has 1 aliphatic heterocycles. The number of hydrogen-bond donors (Lipinski definition) is 2. The molecule has 0 atom stereocenters. The molecule has 1 saturated heterocycles. The van der Waals surface area contributed by atoms with Crippen LogP contribution in [-0.4, -0.2) is 54.1 Å². The highest BCUT2D eigenvalue weighted by Gasteiger charge is 2.27. The van der Waals surface area contributed by atoms with Gasteiger partial charge in [-0.1, -0.05) is 0 Å². The van der Waals surface area contributed by atoms with E-state index >= 15 is 0 Å². The van der Waals surface area contributed by atoms with Crippen LogP contribution in [0.15, 0.2) is 0 Å². The molecule has 0 aliphatic carbocycles. The predicted molar refractivity (Wildman–Crippen MR) is 61.3 cm³/mol. The number of amidine groups is 1. The fraction of sp³-hybridized carbons (Fsp3) is 0.800. The molecular formula is C10H20N4O2. The van der Waals surface area contributed by atoms with Gasteiger partial charge in [-0.05, 0) is 20.8 Å². The average Bonchev–Trinajstić information content (AvgIpc) is 2.15. The van der Waals surface area contributed by atoms with Gasteiger partial charge in [0.2, 0.25) is 0 Å². The number of rotatable bonds is 1. The third-order valence-electron chi connectivity index (χ3n) is 2.18. The van der Waals surface area contributed by atoms with Gasteiger partial charge in [0.05, 0.1) is 13.1 Å². The molecule has 6 nitrogen and oxygen atoms in total. The standard InChI is InChI=1S/C10H20N4O2/c1-10(2,3)16-9(15)13-5-6-14(12-4)8(11)7-13/h11-12H,5-7H2,1-4H3. The van der Waals surface area contributed by atoms with Gasteiger partial charge in [0, 0.05) is 13.6 Å². The quantitative estimate of drug-likeness (QED) is 0.691. The minimum absolute atomic E-state index is 0.287. The van der Waals surface area contributed by atoms with Gasteiger partial charge in [-0.15, -0.1) is 0 Å². The first-order valence-electron chi connectivity index (χ1n) is 5.34. The molecule has 0 unspecified atom stereocenters. The van der Waals surface area contributed by atoms with E-state index in [0.29, 0.717) is 18.9 Å². The second kappa shape index (κ2) is 4.69. The van der Waals surface area contributed by atoms with Crippen LogP contribution in [0.2, 0.25) is 0 Å². The molecule has 0 saturated carbocycles. The highest BCUT2D eigenvalue weighted by atomic mass is 16.6. The molecule has 0 aromatic heterocycles. The summed E-state index contributed by atoms with van der Waals surface area (Å²) in [6.07, 6.45) is -0.354. The van der Waals surface area contributed by atoms with Crippen molar-refractivity contribution in [3.8, 4) is 0 Å². The minimum atomic E-state index is -0.487. The number of hydrazine groups is 1. The Labute approximate surface area is 96.0 Å². The van der Waals surface area contributed by atoms with Crippen LogP contribution in [-0.2, 0) is 4.74 Å². The van der Waals surface area contributed by atoms with E-state index in [0.717, 1.165) is 0 Å². The summed E-state index contributed by atoms with van der Waals surface area (Å²) in [4.78, 5) is 13.3. The molecule has 0 bridgehead atoms. The van der Waals surface area contributed by atoms with Gasteiger partial charge in [0.15, 0.2) is 0 Å². The van der Waals surface area contributed by atoms with Crippen molar-refractivity contribution in [1.82, 2.24) is 15.3 Å². The second-order valence-corrected chi connectivity index (χ2v) is 4.72.